The van der Waals surface area contributed by atoms with Gasteiger partial charge in [0.2, 0.25) is 5.78 Å². The van der Waals surface area contributed by atoms with Gasteiger partial charge in [0, 0.05) is 54.5 Å². The number of carbonyl (C=O) groups is 3. The molecular weight excluding hydrogens is 466 g/mol. The molecule has 2 aliphatic rings. The molecule has 0 atom stereocenters. The molecule has 1 saturated heterocycles. The number of hydrogen-bond donors (Lipinski definition) is 0. The minimum absolute atomic E-state index is 0.0343. The highest BCUT2D eigenvalue weighted by molar-refractivity contribution is 6.41. The molecule has 0 aliphatic carbocycles. The zero-order valence-electron chi connectivity index (χ0n) is 20.4. The summed E-state index contributed by atoms with van der Waals surface area (Å²) in [5, 5.41) is 0. The average molecular weight is 494 g/mol. The molecule has 0 amide bonds. The van der Waals surface area contributed by atoms with Gasteiger partial charge in [-0.25, -0.2) is 4.99 Å². The third-order valence-electron chi connectivity index (χ3n) is 6.51. The van der Waals surface area contributed by atoms with Gasteiger partial charge in [-0.15, -0.1) is 0 Å². The van der Waals surface area contributed by atoms with Gasteiger partial charge < -0.3 is 9.64 Å². The zero-order chi connectivity index (χ0) is 25.6. The molecule has 0 saturated carbocycles. The summed E-state index contributed by atoms with van der Waals surface area (Å²) in [4.78, 5) is 48.2. The number of benzene rings is 3. The predicted octanol–water partition coefficient (Wildman–Crippen LogP) is 3.77. The molecule has 7 heteroatoms. The number of ether oxygens (including phenoxy) is 1. The summed E-state index contributed by atoms with van der Waals surface area (Å²) in [7, 11) is 0. The number of morpholine rings is 1. The number of rotatable bonds is 9. The lowest BCUT2D eigenvalue weighted by molar-refractivity contribution is -0.112. The summed E-state index contributed by atoms with van der Waals surface area (Å²) >= 11 is 0. The lowest BCUT2D eigenvalue weighted by Gasteiger charge is -2.28. The van der Waals surface area contributed by atoms with E-state index < -0.39 is 0 Å². The van der Waals surface area contributed by atoms with Crippen LogP contribution in [-0.2, 0) is 22.4 Å². The van der Waals surface area contributed by atoms with E-state index in [0.717, 1.165) is 43.1 Å². The fourth-order valence-electron chi connectivity index (χ4n) is 4.40. The molecule has 5 rings (SSSR count). The van der Waals surface area contributed by atoms with Crippen LogP contribution in [0, 0.1) is 0 Å². The molecule has 0 unspecified atom stereocenters. The Bertz CT molecular complexity index is 1350. The van der Waals surface area contributed by atoms with Crippen molar-refractivity contribution in [2.24, 2.45) is 9.98 Å². The average Bonchev–Trinajstić information content (AvgIpc) is 3.50. The molecule has 3 aromatic rings. The maximum Gasteiger partial charge on any atom is 0.204 e. The Hall–Kier alpha value is -4.23. The van der Waals surface area contributed by atoms with E-state index in [9.17, 15) is 14.4 Å². The highest BCUT2D eigenvalue weighted by Crippen LogP contribution is 2.19. The normalized spacial score (nSPS) is 14.9. The fraction of sp³-hybridized carbons (Fsp3) is 0.233. The topological polar surface area (TPSA) is 88.4 Å². The van der Waals surface area contributed by atoms with Gasteiger partial charge in [-0.3, -0.25) is 19.4 Å². The monoisotopic (exact) mass is 493 g/mol. The van der Waals surface area contributed by atoms with Gasteiger partial charge in [0.05, 0.1) is 19.8 Å². The minimum Gasteiger partial charge on any atom is -0.378 e. The molecular formula is C30H27N3O4. The Morgan fingerprint density at radius 2 is 1.24 bits per heavy atom. The van der Waals surface area contributed by atoms with Gasteiger partial charge in [0.25, 0.3) is 0 Å². The predicted molar refractivity (Wildman–Crippen MR) is 143 cm³/mol. The van der Waals surface area contributed by atoms with E-state index in [2.05, 4.69) is 14.9 Å². The van der Waals surface area contributed by atoms with Crippen LogP contribution in [0.15, 0.2) is 82.8 Å². The second-order valence-electron chi connectivity index (χ2n) is 9.05. The number of hydrogen-bond acceptors (Lipinski definition) is 7. The number of carbonyl (C=O) groups excluding carboxylic acids is 3. The molecule has 1 fully saturated rings. The van der Waals surface area contributed by atoms with Gasteiger partial charge >= 0.3 is 0 Å². The minimum atomic E-state index is -0.133. The molecule has 0 bridgehead atoms. The number of aliphatic imine (C=N–C) groups is 2. The summed E-state index contributed by atoms with van der Waals surface area (Å²) < 4.78 is 5.40. The Morgan fingerprint density at radius 3 is 1.78 bits per heavy atom. The number of anilines is 1. The Labute approximate surface area is 215 Å². The van der Waals surface area contributed by atoms with Gasteiger partial charge in [0.1, 0.15) is 0 Å². The van der Waals surface area contributed by atoms with E-state index >= 15 is 0 Å². The van der Waals surface area contributed by atoms with Crippen molar-refractivity contribution in [1.29, 1.82) is 0 Å². The first-order valence-electron chi connectivity index (χ1n) is 12.4. The van der Waals surface area contributed by atoms with Crippen molar-refractivity contribution < 1.29 is 19.1 Å². The second kappa shape index (κ2) is 11.2. The van der Waals surface area contributed by atoms with Crippen LogP contribution in [0.2, 0.25) is 0 Å². The molecule has 2 aliphatic heterocycles. The maximum atomic E-state index is 12.9. The molecule has 2 heterocycles. The number of amidine groups is 1. The van der Waals surface area contributed by atoms with Crippen LogP contribution in [0.3, 0.4) is 0 Å². The molecule has 186 valence electrons. The zero-order valence-corrected chi connectivity index (χ0v) is 20.4. The van der Waals surface area contributed by atoms with Gasteiger partial charge in [0.15, 0.2) is 17.4 Å². The Balaban J connectivity index is 1.17. The van der Waals surface area contributed by atoms with E-state index in [1.807, 2.05) is 36.4 Å². The van der Waals surface area contributed by atoms with Crippen molar-refractivity contribution in [3.05, 3.63) is 101 Å². The summed E-state index contributed by atoms with van der Waals surface area (Å²) in [6.45, 7) is 3.60. The van der Waals surface area contributed by atoms with E-state index in [1.54, 1.807) is 42.6 Å². The van der Waals surface area contributed by atoms with Crippen LogP contribution in [0.4, 0.5) is 5.69 Å². The second-order valence-corrected chi connectivity index (χ2v) is 9.05. The van der Waals surface area contributed by atoms with Crippen molar-refractivity contribution in [3.8, 4) is 0 Å². The molecule has 0 radical (unpaired) electrons. The van der Waals surface area contributed by atoms with E-state index in [1.165, 1.54) is 0 Å². The SMILES string of the molecule is O=C(Cc1ccc(C(=O)c2ccc(CC(=O)c3ccc(N4CCOCC4)cc3)cc2)cc1)C1=NCC=N1. The first kappa shape index (κ1) is 24.5. The third kappa shape index (κ3) is 5.95. The van der Waals surface area contributed by atoms with Gasteiger partial charge in [-0.1, -0.05) is 48.5 Å². The van der Waals surface area contributed by atoms with E-state index in [0.29, 0.717) is 23.2 Å². The number of nitrogens with zero attached hydrogens (tertiary/aromatic N) is 3. The van der Waals surface area contributed by atoms with Crippen LogP contribution in [0.5, 0.6) is 0 Å². The van der Waals surface area contributed by atoms with Crippen LogP contribution in [0.25, 0.3) is 0 Å². The number of ketones is 3. The fourth-order valence-corrected chi connectivity index (χ4v) is 4.40. The summed E-state index contributed by atoms with van der Waals surface area (Å²) in [6.07, 6.45) is 2.08. The Morgan fingerprint density at radius 1 is 0.703 bits per heavy atom. The van der Waals surface area contributed by atoms with Gasteiger partial charge in [-0.2, -0.15) is 0 Å². The molecule has 37 heavy (non-hydrogen) atoms. The van der Waals surface area contributed by atoms with Crippen LogP contribution in [0.1, 0.15) is 37.4 Å². The van der Waals surface area contributed by atoms with Crippen LogP contribution < -0.4 is 4.90 Å². The first-order valence-corrected chi connectivity index (χ1v) is 12.4. The summed E-state index contributed by atoms with van der Waals surface area (Å²) in [5.74, 6) is 0.0426. The largest absolute Gasteiger partial charge is 0.378 e. The molecule has 0 N–H and O–H groups in total. The van der Waals surface area contributed by atoms with Gasteiger partial charge in [-0.05, 0) is 35.4 Å². The van der Waals surface area contributed by atoms with Crippen molar-refractivity contribution in [1.82, 2.24) is 0 Å². The quantitative estimate of drug-likeness (QED) is 0.424. The number of Topliss-reactive ketones (excluding diaryl/α,β-unsaturated/α-hetero) is 2. The molecule has 0 aromatic heterocycles. The third-order valence-corrected chi connectivity index (χ3v) is 6.51. The van der Waals surface area contributed by atoms with Crippen LogP contribution >= 0.6 is 0 Å². The van der Waals surface area contributed by atoms with Crippen molar-refractivity contribution in [3.63, 3.8) is 0 Å². The first-order chi connectivity index (χ1) is 18.1. The lowest BCUT2D eigenvalue weighted by Crippen LogP contribution is -2.36. The van der Waals surface area contributed by atoms with E-state index in [4.69, 9.17) is 4.74 Å². The molecule has 7 nitrogen and oxygen atoms in total. The molecule has 0 spiro atoms. The summed E-state index contributed by atoms with van der Waals surface area (Å²) in [5.41, 5.74) is 4.51. The maximum absolute atomic E-state index is 12.9. The molecule has 3 aromatic carbocycles. The van der Waals surface area contributed by atoms with Crippen molar-refractivity contribution >= 4 is 35.1 Å². The smallest absolute Gasteiger partial charge is 0.204 e. The highest BCUT2D eigenvalue weighted by Gasteiger charge is 2.16. The van der Waals surface area contributed by atoms with Crippen molar-refractivity contribution in [2.45, 2.75) is 12.8 Å². The van der Waals surface area contributed by atoms with E-state index in [-0.39, 0.29) is 36.0 Å². The standard InChI is InChI=1S/C30H27N3O4/c34-27(23-9-11-26(12-10-23)33-15-17-37-18-16-33)19-21-1-5-24(6-2-21)29(36)25-7-3-22(4-8-25)20-28(35)30-31-13-14-32-30/h1-13H,14-20H2. The van der Waals surface area contributed by atoms with Crippen LogP contribution in [-0.4, -0.2) is 62.2 Å². The van der Waals surface area contributed by atoms with Crippen molar-refractivity contribution in [2.75, 3.05) is 37.7 Å². The summed E-state index contributed by atoms with van der Waals surface area (Å²) in [6, 6.07) is 21.9. The Kier molecular flexibility index (Phi) is 7.42. The highest BCUT2D eigenvalue weighted by atomic mass is 16.5. The lowest BCUT2D eigenvalue weighted by atomic mass is 9.97.